The molecular weight excluding hydrogens is 278 g/mol. The van der Waals surface area contributed by atoms with E-state index in [-0.39, 0.29) is 18.3 Å². The number of aliphatic hydroxyl groups is 1. The topological polar surface area (TPSA) is 61.9 Å². The third kappa shape index (κ3) is 2.90. The smallest absolute Gasteiger partial charge is 0.174 e. The highest BCUT2D eigenvalue weighted by Gasteiger charge is 2.53. The van der Waals surface area contributed by atoms with Crippen LogP contribution in [0.4, 0.5) is 0 Å². The lowest BCUT2D eigenvalue weighted by atomic mass is 9.87. The molecule has 1 heterocycles. The molecule has 2 N–H and O–H groups in total. The predicted molar refractivity (Wildman–Crippen MR) is 85.8 cm³/mol. The maximum Gasteiger partial charge on any atom is 0.174 e. The maximum atomic E-state index is 12.6. The molecule has 1 aliphatic rings. The highest BCUT2D eigenvalue weighted by molar-refractivity contribution is 5.92. The summed E-state index contributed by atoms with van der Waals surface area (Å²) in [6, 6.07) is 14.5. The van der Waals surface area contributed by atoms with Gasteiger partial charge in [0.2, 0.25) is 0 Å². The van der Waals surface area contributed by atoms with Gasteiger partial charge in [-0.1, -0.05) is 42.5 Å². The van der Waals surface area contributed by atoms with E-state index >= 15 is 0 Å². The zero-order valence-corrected chi connectivity index (χ0v) is 12.7. The molecule has 2 aromatic rings. The monoisotopic (exact) mass is 299 g/mol. The van der Waals surface area contributed by atoms with Crippen molar-refractivity contribution in [3.63, 3.8) is 0 Å². The summed E-state index contributed by atoms with van der Waals surface area (Å²) in [5, 5.41) is 14.8. The number of carbonyl (C=O) groups is 1. The van der Waals surface area contributed by atoms with Crippen molar-refractivity contribution in [1.29, 1.82) is 0 Å². The van der Waals surface area contributed by atoms with Gasteiger partial charge in [0.15, 0.2) is 11.4 Å². The fourth-order valence-corrected chi connectivity index (χ4v) is 2.92. The maximum absolute atomic E-state index is 12.6. The van der Waals surface area contributed by atoms with Gasteiger partial charge in [-0.05, 0) is 29.8 Å². The molecule has 0 spiro atoms. The Morgan fingerprint density at radius 2 is 2.05 bits per heavy atom. The first-order valence-electron chi connectivity index (χ1n) is 7.60. The van der Waals surface area contributed by atoms with Gasteiger partial charge in [0.05, 0.1) is 13.2 Å². The predicted octanol–water partition coefficient (Wildman–Crippen LogP) is 1.55. The van der Waals surface area contributed by atoms with Crippen LogP contribution in [0.3, 0.4) is 0 Å². The van der Waals surface area contributed by atoms with E-state index < -0.39 is 5.60 Å². The second kappa shape index (κ2) is 6.16. The zero-order valence-electron chi connectivity index (χ0n) is 12.7. The minimum absolute atomic E-state index is 0.00231. The van der Waals surface area contributed by atoms with Crippen molar-refractivity contribution in [2.45, 2.75) is 12.0 Å². The van der Waals surface area contributed by atoms with E-state index in [0.29, 0.717) is 19.6 Å². The van der Waals surface area contributed by atoms with Crippen molar-refractivity contribution in [1.82, 2.24) is 5.32 Å². The van der Waals surface area contributed by atoms with Gasteiger partial charge in [-0.3, -0.25) is 4.79 Å². The van der Waals surface area contributed by atoms with Gasteiger partial charge >= 0.3 is 0 Å². The number of hydrogen-bond acceptors (Lipinski definition) is 4. The molecule has 1 fully saturated rings. The number of hydrogen-bond donors (Lipinski definition) is 2. The number of nitrogens with one attached hydrogen (secondary N) is 1. The van der Waals surface area contributed by atoms with Crippen LogP contribution < -0.4 is 5.32 Å². The largest absolute Gasteiger partial charge is 0.393 e. The van der Waals surface area contributed by atoms with Gasteiger partial charge in [-0.15, -0.1) is 0 Å². The van der Waals surface area contributed by atoms with Gasteiger partial charge in [-0.2, -0.15) is 0 Å². The van der Waals surface area contributed by atoms with Crippen LogP contribution in [0, 0.1) is 5.92 Å². The van der Waals surface area contributed by atoms with Crippen molar-refractivity contribution in [2.75, 3.05) is 26.8 Å². The summed E-state index contributed by atoms with van der Waals surface area (Å²) >= 11 is 0. The quantitative estimate of drug-likeness (QED) is 0.762. The third-order valence-corrected chi connectivity index (χ3v) is 4.31. The normalized spacial score (nSPS) is 21.7. The summed E-state index contributed by atoms with van der Waals surface area (Å²) in [7, 11) is 1.83. The Labute approximate surface area is 130 Å². The standard InChI is InChI=1S/C18H21NO3/c1-19-10-16(17(21)18(11-20)12-22-18)9-13-6-7-14-4-2-3-5-15(14)8-13/h2-8,16,19-20H,9-12H2,1H3. The van der Waals surface area contributed by atoms with Crippen LogP contribution in [-0.4, -0.2) is 43.3 Å². The van der Waals surface area contributed by atoms with E-state index in [1.54, 1.807) is 0 Å². The molecule has 0 amide bonds. The van der Waals surface area contributed by atoms with Crippen LogP contribution >= 0.6 is 0 Å². The van der Waals surface area contributed by atoms with Gasteiger partial charge in [0, 0.05) is 12.5 Å². The number of Topliss-reactive ketones (excluding diaryl/α,β-unsaturated/α-hetero) is 1. The van der Waals surface area contributed by atoms with Crippen LogP contribution in [0.25, 0.3) is 10.8 Å². The summed E-state index contributed by atoms with van der Waals surface area (Å²) in [5.41, 5.74) is 0.180. The third-order valence-electron chi connectivity index (χ3n) is 4.31. The molecule has 0 bridgehead atoms. The van der Waals surface area contributed by atoms with E-state index in [1.807, 2.05) is 19.2 Å². The van der Waals surface area contributed by atoms with E-state index in [9.17, 15) is 9.90 Å². The number of rotatable bonds is 7. The molecular formula is C18H21NO3. The van der Waals surface area contributed by atoms with E-state index in [0.717, 1.165) is 5.56 Å². The molecule has 2 atom stereocenters. The first kappa shape index (κ1) is 15.2. The molecule has 0 aromatic heterocycles. The molecule has 4 nitrogen and oxygen atoms in total. The second-order valence-corrected chi connectivity index (χ2v) is 5.95. The zero-order chi connectivity index (χ0) is 15.6. The summed E-state index contributed by atoms with van der Waals surface area (Å²) in [6.07, 6.45) is 0.648. The van der Waals surface area contributed by atoms with Crippen molar-refractivity contribution < 1.29 is 14.6 Å². The lowest BCUT2D eigenvalue weighted by molar-refractivity contribution is -0.129. The Balaban J connectivity index is 1.81. The first-order chi connectivity index (χ1) is 10.7. The van der Waals surface area contributed by atoms with Crippen LogP contribution in [0.2, 0.25) is 0 Å². The molecule has 116 valence electrons. The Kier molecular flexibility index (Phi) is 4.25. The van der Waals surface area contributed by atoms with E-state index in [4.69, 9.17) is 4.74 Å². The van der Waals surface area contributed by atoms with Crippen LogP contribution in [0.15, 0.2) is 42.5 Å². The molecule has 0 saturated carbocycles. The highest BCUT2D eigenvalue weighted by atomic mass is 16.6. The molecule has 2 aromatic carbocycles. The van der Waals surface area contributed by atoms with Gasteiger partial charge in [0.1, 0.15) is 0 Å². The van der Waals surface area contributed by atoms with Crippen molar-refractivity contribution in [3.8, 4) is 0 Å². The number of ketones is 1. The number of ether oxygens (including phenoxy) is 1. The van der Waals surface area contributed by atoms with Gasteiger partial charge in [0.25, 0.3) is 0 Å². The van der Waals surface area contributed by atoms with Crippen molar-refractivity contribution >= 4 is 16.6 Å². The highest BCUT2D eigenvalue weighted by Crippen LogP contribution is 2.31. The molecule has 0 radical (unpaired) electrons. The number of fused-ring (bicyclic) bond motifs is 1. The molecule has 0 aliphatic carbocycles. The average molecular weight is 299 g/mol. The minimum atomic E-state index is -0.946. The summed E-state index contributed by atoms with van der Waals surface area (Å²) in [6.45, 7) is 0.681. The molecule has 1 saturated heterocycles. The van der Waals surface area contributed by atoms with Gasteiger partial charge < -0.3 is 15.2 Å². The van der Waals surface area contributed by atoms with Gasteiger partial charge in [-0.25, -0.2) is 0 Å². The lowest BCUT2D eigenvalue weighted by Crippen LogP contribution is -2.39. The fourth-order valence-electron chi connectivity index (χ4n) is 2.92. The fraction of sp³-hybridized carbons (Fsp3) is 0.389. The van der Waals surface area contributed by atoms with Crippen LogP contribution in [-0.2, 0) is 16.0 Å². The lowest BCUT2D eigenvalue weighted by Gasteiger charge is -2.19. The second-order valence-electron chi connectivity index (χ2n) is 5.95. The summed E-state index contributed by atoms with van der Waals surface area (Å²) in [5.74, 6) is -0.196. The molecule has 3 rings (SSSR count). The Bertz CT molecular complexity index is 679. The Morgan fingerprint density at radius 3 is 2.68 bits per heavy atom. The Morgan fingerprint density at radius 1 is 1.32 bits per heavy atom. The number of carbonyl (C=O) groups excluding carboxylic acids is 1. The number of benzene rings is 2. The van der Waals surface area contributed by atoms with Crippen LogP contribution in [0.5, 0.6) is 0 Å². The van der Waals surface area contributed by atoms with Crippen molar-refractivity contribution in [2.24, 2.45) is 5.92 Å². The Hall–Kier alpha value is -1.75. The van der Waals surface area contributed by atoms with E-state index in [2.05, 4.69) is 35.6 Å². The van der Waals surface area contributed by atoms with Crippen molar-refractivity contribution in [3.05, 3.63) is 48.0 Å². The summed E-state index contributed by atoms with van der Waals surface area (Å²) in [4.78, 5) is 12.6. The minimum Gasteiger partial charge on any atom is -0.393 e. The van der Waals surface area contributed by atoms with E-state index in [1.165, 1.54) is 10.8 Å². The SMILES string of the molecule is CNCC(Cc1ccc2ccccc2c1)C(=O)C1(CO)CO1. The average Bonchev–Trinajstić information content (AvgIpc) is 3.35. The molecule has 2 unspecified atom stereocenters. The molecule has 1 aliphatic heterocycles. The number of aliphatic hydroxyl groups excluding tert-OH is 1. The van der Waals surface area contributed by atoms with Crippen LogP contribution in [0.1, 0.15) is 5.56 Å². The summed E-state index contributed by atoms with van der Waals surface area (Å²) < 4.78 is 5.22. The number of epoxide rings is 1. The molecule has 4 heteroatoms. The molecule has 22 heavy (non-hydrogen) atoms. The first-order valence-corrected chi connectivity index (χ1v) is 7.60.